The number of hydrogen-bond acceptors (Lipinski definition) is 3. The van der Waals surface area contributed by atoms with Crippen LogP contribution in [0.15, 0.2) is 0 Å². The average Bonchev–Trinajstić information content (AvgIpc) is 2.77. The summed E-state index contributed by atoms with van der Waals surface area (Å²) in [6, 6.07) is 1.08. The number of ether oxygens (including phenoxy) is 1. The molecule has 0 aromatic carbocycles. The van der Waals surface area contributed by atoms with E-state index in [0.717, 1.165) is 25.9 Å². The molecule has 2 heterocycles. The zero-order chi connectivity index (χ0) is 12.1. The quantitative estimate of drug-likeness (QED) is 0.778. The number of hydrogen-bond donors (Lipinski definition) is 1. The third kappa shape index (κ3) is 3.40. The van der Waals surface area contributed by atoms with E-state index < -0.39 is 0 Å². The summed E-state index contributed by atoms with van der Waals surface area (Å²) < 4.78 is 6.03. The third-order valence-electron chi connectivity index (χ3n) is 3.89. The highest BCUT2D eigenvalue weighted by atomic mass is 32.2. The van der Waals surface area contributed by atoms with E-state index in [-0.39, 0.29) is 5.60 Å². The average molecular weight is 253 g/mol. The van der Waals surface area contributed by atoms with Gasteiger partial charge in [-0.05, 0) is 31.4 Å². The summed E-state index contributed by atoms with van der Waals surface area (Å²) in [5.41, 5.74) is 0.176. The van der Waals surface area contributed by atoms with Crippen molar-refractivity contribution in [1.82, 2.24) is 5.32 Å². The lowest BCUT2D eigenvalue weighted by molar-refractivity contribution is -0.0713. The van der Waals surface area contributed by atoms with Crippen LogP contribution >= 0.6 is 11.8 Å². The Morgan fingerprint density at radius 2 is 2.53 bits per heavy atom. The first-order valence-electron chi connectivity index (χ1n) is 6.69. The minimum absolute atomic E-state index is 0.176. The molecule has 96 valence electrons. The van der Waals surface area contributed by atoms with Crippen LogP contribution in [0, 0.1) is 12.3 Å². The van der Waals surface area contributed by atoms with E-state index in [0.29, 0.717) is 12.1 Å². The van der Waals surface area contributed by atoms with Gasteiger partial charge in [-0.15, -0.1) is 12.3 Å². The highest BCUT2D eigenvalue weighted by Crippen LogP contribution is 2.38. The molecule has 3 atom stereocenters. The summed E-state index contributed by atoms with van der Waals surface area (Å²) in [7, 11) is 0. The van der Waals surface area contributed by atoms with E-state index in [4.69, 9.17) is 11.2 Å². The van der Waals surface area contributed by atoms with Gasteiger partial charge in [0.1, 0.15) is 0 Å². The van der Waals surface area contributed by atoms with Crippen molar-refractivity contribution in [2.24, 2.45) is 0 Å². The van der Waals surface area contributed by atoms with Gasteiger partial charge in [-0.2, -0.15) is 11.8 Å². The summed E-state index contributed by atoms with van der Waals surface area (Å²) in [5, 5.41) is 3.73. The van der Waals surface area contributed by atoms with Crippen LogP contribution in [0.3, 0.4) is 0 Å². The highest BCUT2D eigenvalue weighted by Gasteiger charge is 2.40. The largest absolute Gasteiger partial charge is 0.374 e. The minimum atomic E-state index is 0.176. The zero-order valence-electron chi connectivity index (χ0n) is 10.7. The van der Waals surface area contributed by atoms with Gasteiger partial charge in [-0.1, -0.05) is 6.92 Å². The summed E-state index contributed by atoms with van der Waals surface area (Å²) in [6.45, 7) is 3.11. The Morgan fingerprint density at radius 1 is 1.65 bits per heavy atom. The molecule has 0 saturated carbocycles. The fraction of sp³-hybridized carbons (Fsp3) is 0.857. The molecule has 2 nitrogen and oxygen atoms in total. The SMILES string of the molecule is C#CCC(CC)NC1CCOC2(CCSC2)C1. The second-order valence-corrected chi connectivity index (χ2v) is 6.31. The molecule has 3 heteroatoms. The van der Waals surface area contributed by atoms with Crippen LogP contribution < -0.4 is 5.32 Å². The van der Waals surface area contributed by atoms with Crippen molar-refractivity contribution in [3.8, 4) is 12.3 Å². The summed E-state index contributed by atoms with van der Waals surface area (Å²) in [4.78, 5) is 0. The van der Waals surface area contributed by atoms with Crippen LogP contribution in [0.2, 0.25) is 0 Å². The van der Waals surface area contributed by atoms with Crippen molar-refractivity contribution in [3.63, 3.8) is 0 Å². The van der Waals surface area contributed by atoms with Crippen molar-refractivity contribution in [3.05, 3.63) is 0 Å². The highest BCUT2D eigenvalue weighted by molar-refractivity contribution is 7.99. The van der Waals surface area contributed by atoms with Gasteiger partial charge >= 0.3 is 0 Å². The predicted octanol–water partition coefficient (Wildman–Crippen LogP) is 2.43. The molecule has 1 spiro atoms. The number of thioether (sulfide) groups is 1. The lowest BCUT2D eigenvalue weighted by Crippen LogP contribution is -2.49. The Labute approximate surface area is 109 Å². The van der Waals surface area contributed by atoms with E-state index in [1.807, 2.05) is 11.8 Å². The van der Waals surface area contributed by atoms with Crippen LogP contribution in [0.4, 0.5) is 0 Å². The third-order valence-corrected chi connectivity index (χ3v) is 5.11. The molecule has 0 radical (unpaired) electrons. The van der Waals surface area contributed by atoms with Crippen molar-refractivity contribution in [2.75, 3.05) is 18.1 Å². The van der Waals surface area contributed by atoms with Crippen LogP contribution in [0.25, 0.3) is 0 Å². The van der Waals surface area contributed by atoms with Crippen LogP contribution in [-0.2, 0) is 4.74 Å². The van der Waals surface area contributed by atoms with E-state index in [9.17, 15) is 0 Å². The first-order chi connectivity index (χ1) is 8.28. The van der Waals surface area contributed by atoms with Gasteiger partial charge in [0.05, 0.1) is 5.60 Å². The molecule has 2 aliphatic rings. The molecule has 3 unspecified atom stereocenters. The van der Waals surface area contributed by atoms with Gasteiger partial charge in [0.15, 0.2) is 0 Å². The molecule has 0 amide bonds. The number of nitrogens with one attached hydrogen (secondary N) is 1. The Hall–Kier alpha value is -0.170. The maximum absolute atomic E-state index is 6.03. The van der Waals surface area contributed by atoms with E-state index in [1.165, 1.54) is 24.3 Å². The van der Waals surface area contributed by atoms with E-state index >= 15 is 0 Å². The Kier molecular flexibility index (Phi) is 4.78. The van der Waals surface area contributed by atoms with Crippen LogP contribution in [-0.4, -0.2) is 35.8 Å². The van der Waals surface area contributed by atoms with Crippen molar-refractivity contribution < 1.29 is 4.74 Å². The molecule has 0 bridgehead atoms. The zero-order valence-corrected chi connectivity index (χ0v) is 11.5. The molecule has 0 aliphatic carbocycles. The molecule has 1 N–H and O–H groups in total. The summed E-state index contributed by atoms with van der Waals surface area (Å²) >= 11 is 2.03. The molecular weight excluding hydrogens is 230 g/mol. The minimum Gasteiger partial charge on any atom is -0.374 e. The molecule has 2 saturated heterocycles. The standard InChI is InChI=1S/C14H23NOS/c1-3-5-12(4-2)15-13-6-8-16-14(10-13)7-9-17-11-14/h1,12-13,15H,4-11H2,2H3. The molecule has 0 aromatic rings. The number of rotatable bonds is 4. The second kappa shape index (κ2) is 6.13. The maximum atomic E-state index is 6.03. The van der Waals surface area contributed by atoms with Gasteiger partial charge in [-0.3, -0.25) is 0 Å². The van der Waals surface area contributed by atoms with Gasteiger partial charge < -0.3 is 10.1 Å². The second-order valence-electron chi connectivity index (χ2n) is 5.20. The lowest BCUT2D eigenvalue weighted by atomic mass is 9.89. The fourth-order valence-corrected chi connectivity index (χ4v) is 4.21. The lowest BCUT2D eigenvalue weighted by Gasteiger charge is -2.39. The van der Waals surface area contributed by atoms with Crippen molar-refractivity contribution in [2.45, 2.75) is 56.7 Å². The van der Waals surface area contributed by atoms with E-state index in [1.54, 1.807) is 0 Å². The monoisotopic (exact) mass is 253 g/mol. The molecule has 2 rings (SSSR count). The Bertz CT molecular complexity index is 280. The van der Waals surface area contributed by atoms with Crippen molar-refractivity contribution in [1.29, 1.82) is 0 Å². The van der Waals surface area contributed by atoms with Gasteiger partial charge in [-0.25, -0.2) is 0 Å². The smallest absolute Gasteiger partial charge is 0.0795 e. The summed E-state index contributed by atoms with van der Waals surface area (Å²) in [5.74, 6) is 5.21. The molecule has 2 aliphatic heterocycles. The topological polar surface area (TPSA) is 21.3 Å². The van der Waals surface area contributed by atoms with E-state index in [2.05, 4.69) is 18.2 Å². The maximum Gasteiger partial charge on any atom is 0.0795 e. The molecule has 2 fully saturated rings. The first-order valence-corrected chi connectivity index (χ1v) is 7.85. The molecular formula is C14H23NOS. The predicted molar refractivity (Wildman–Crippen MR) is 74.3 cm³/mol. The van der Waals surface area contributed by atoms with Crippen LogP contribution in [0.5, 0.6) is 0 Å². The Balaban J connectivity index is 1.86. The Morgan fingerprint density at radius 3 is 3.18 bits per heavy atom. The molecule has 0 aromatic heterocycles. The van der Waals surface area contributed by atoms with Gasteiger partial charge in [0.25, 0.3) is 0 Å². The van der Waals surface area contributed by atoms with Crippen LogP contribution in [0.1, 0.15) is 39.0 Å². The first kappa shape index (κ1) is 13.3. The fourth-order valence-electron chi connectivity index (χ4n) is 2.83. The van der Waals surface area contributed by atoms with Gasteiger partial charge in [0.2, 0.25) is 0 Å². The normalized spacial score (nSPS) is 34.7. The number of terminal acetylenes is 1. The van der Waals surface area contributed by atoms with Gasteiger partial charge in [0, 0.05) is 30.9 Å². The molecule has 17 heavy (non-hydrogen) atoms. The summed E-state index contributed by atoms with van der Waals surface area (Å²) in [6.07, 6.45) is 10.9. The van der Waals surface area contributed by atoms with Crippen molar-refractivity contribution >= 4 is 11.8 Å².